The molecule has 0 saturated heterocycles. The summed E-state index contributed by atoms with van der Waals surface area (Å²) >= 11 is 0. The summed E-state index contributed by atoms with van der Waals surface area (Å²) in [6.45, 7) is 0. The number of pyridine rings is 1. The summed E-state index contributed by atoms with van der Waals surface area (Å²) < 4.78 is 3.78. The summed E-state index contributed by atoms with van der Waals surface area (Å²) in [5.41, 5.74) is 4.74. The van der Waals surface area contributed by atoms with Gasteiger partial charge in [0.25, 0.3) is 0 Å². The van der Waals surface area contributed by atoms with E-state index >= 15 is 0 Å². The Hall–Kier alpha value is -2.69. The van der Waals surface area contributed by atoms with Crippen molar-refractivity contribution >= 4 is 16.7 Å². The molecule has 1 aromatic carbocycles. The molecule has 0 aliphatic heterocycles. The van der Waals surface area contributed by atoms with Crippen molar-refractivity contribution in [3.63, 3.8) is 0 Å². The first-order valence-electron chi connectivity index (χ1n) is 6.05. The molecular weight excluding hydrogens is 238 g/mol. The Morgan fingerprint density at radius 1 is 1.05 bits per heavy atom. The number of rotatable bonds is 1. The number of hydrogen-bond acceptors (Lipinski definition) is 3. The highest BCUT2D eigenvalue weighted by Gasteiger charge is 2.11. The van der Waals surface area contributed by atoms with Crippen LogP contribution in [-0.4, -0.2) is 24.4 Å². The van der Waals surface area contributed by atoms with Gasteiger partial charge in [0.1, 0.15) is 11.2 Å². The van der Waals surface area contributed by atoms with Crippen molar-refractivity contribution in [2.45, 2.75) is 0 Å². The molecule has 0 N–H and O–H groups in total. The van der Waals surface area contributed by atoms with Gasteiger partial charge in [-0.05, 0) is 18.2 Å². The molecule has 0 radical (unpaired) electrons. The van der Waals surface area contributed by atoms with Gasteiger partial charge in [-0.15, -0.1) is 5.10 Å². The van der Waals surface area contributed by atoms with Crippen LogP contribution in [0.15, 0.2) is 48.8 Å². The van der Waals surface area contributed by atoms with Crippen LogP contribution in [0.1, 0.15) is 0 Å². The van der Waals surface area contributed by atoms with Gasteiger partial charge in [-0.25, -0.2) is 9.67 Å². The number of aryl methyl sites for hydroxylation is 1. The average Bonchev–Trinajstić information content (AvgIpc) is 3.03. The van der Waals surface area contributed by atoms with E-state index in [4.69, 9.17) is 0 Å². The van der Waals surface area contributed by atoms with Crippen molar-refractivity contribution in [1.82, 2.24) is 24.4 Å². The molecule has 0 atom stereocenters. The van der Waals surface area contributed by atoms with Gasteiger partial charge in [-0.3, -0.25) is 0 Å². The first kappa shape index (κ1) is 10.3. The minimum absolute atomic E-state index is 0.883. The Kier molecular flexibility index (Phi) is 1.97. The summed E-state index contributed by atoms with van der Waals surface area (Å²) in [6.07, 6.45) is 4.00. The van der Waals surface area contributed by atoms with Crippen LogP contribution in [0.5, 0.6) is 0 Å². The fourth-order valence-electron chi connectivity index (χ4n) is 2.33. The van der Waals surface area contributed by atoms with Crippen LogP contribution in [0.4, 0.5) is 0 Å². The first-order chi connectivity index (χ1) is 9.33. The first-order valence-corrected chi connectivity index (χ1v) is 6.05. The van der Waals surface area contributed by atoms with Crippen LogP contribution in [0.3, 0.4) is 0 Å². The van der Waals surface area contributed by atoms with Crippen molar-refractivity contribution in [3.05, 3.63) is 48.8 Å². The minimum Gasteiger partial charge on any atom is -0.306 e. The SMILES string of the molecule is Cn1nnc2c(-c3cn4ccccc4n3)cccc21. The molecule has 0 saturated carbocycles. The minimum atomic E-state index is 0.883. The van der Waals surface area contributed by atoms with E-state index in [0.717, 1.165) is 27.9 Å². The van der Waals surface area contributed by atoms with E-state index in [1.807, 2.05) is 60.2 Å². The van der Waals surface area contributed by atoms with Crippen LogP contribution >= 0.6 is 0 Å². The maximum absolute atomic E-state index is 4.63. The molecule has 0 spiro atoms. The topological polar surface area (TPSA) is 48.0 Å². The van der Waals surface area contributed by atoms with Crippen molar-refractivity contribution in [3.8, 4) is 11.3 Å². The smallest absolute Gasteiger partial charge is 0.137 e. The standard InChI is InChI=1S/C14H11N5/c1-18-12-6-4-5-10(14(12)16-17-18)11-9-19-8-3-2-7-13(19)15-11/h2-9H,1H3. The van der Waals surface area contributed by atoms with Crippen molar-refractivity contribution in [2.24, 2.45) is 7.05 Å². The lowest BCUT2D eigenvalue weighted by molar-refractivity contribution is 0.736. The Balaban J connectivity index is 2.03. The molecule has 4 rings (SSSR count). The van der Waals surface area contributed by atoms with Crippen LogP contribution in [0.25, 0.3) is 27.9 Å². The molecule has 3 heterocycles. The molecule has 5 heteroatoms. The number of aromatic nitrogens is 5. The van der Waals surface area contributed by atoms with Crippen molar-refractivity contribution < 1.29 is 0 Å². The normalized spacial score (nSPS) is 11.4. The molecule has 19 heavy (non-hydrogen) atoms. The third-order valence-electron chi connectivity index (χ3n) is 3.28. The van der Waals surface area contributed by atoms with Crippen molar-refractivity contribution in [2.75, 3.05) is 0 Å². The zero-order valence-corrected chi connectivity index (χ0v) is 10.4. The van der Waals surface area contributed by atoms with Gasteiger partial charge in [-0.2, -0.15) is 0 Å². The summed E-state index contributed by atoms with van der Waals surface area (Å²) in [5.74, 6) is 0. The maximum Gasteiger partial charge on any atom is 0.137 e. The second kappa shape index (κ2) is 3.65. The number of nitrogens with zero attached hydrogens (tertiary/aromatic N) is 5. The van der Waals surface area contributed by atoms with E-state index in [-0.39, 0.29) is 0 Å². The number of fused-ring (bicyclic) bond motifs is 2. The summed E-state index contributed by atoms with van der Waals surface area (Å²) in [5, 5.41) is 8.30. The van der Waals surface area contributed by atoms with E-state index in [1.54, 1.807) is 4.68 Å². The van der Waals surface area contributed by atoms with Crippen LogP contribution in [0, 0.1) is 0 Å². The van der Waals surface area contributed by atoms with E-state index in [9.17, 15) is 0 Å². The van der Waals surface area contributed by atoms with Gasteiger partial charge >= 0.3 is 0 Å². The molecule has 0 amide bonds. The Morgan fingerprint density at radius 3 is 2.89 bits per heavy atom. The molecule has 0 aliphatic carbocycles. The molecule has 5 nitrogen and oxygen atoms in total. The fraction of sp³-hybridized carbons (Fsp3) is 0.0714. The largest absolute Gasteiger partial charge is 0.306 e. The van der Waals surface area contributed by atoms with Gasteiger partial charge in [0.2, 0.25) is 0 Å². The van der Waals surface area contributed by atoms with Crippen molar-refractivity contribution in [1.29, 1.82) is 0 Å². The number of hydrogen-bond donors (Lipinski definition) is 0. The quantitative estimate of drug-likeness (QED) is 0.520. The monoisotopic (exact) mass is 249 g/mol. The predicted molar refractivity (Wildman–Crippen MR) is 72.7 cm³/mol. The zero-order valence-electron chi connectivity index (χ0n) is 10.4. The summed E-state index contributed by atoms with van der Waals surface area (Å²) in [4.78, 5) is 4.63. The van der Waals surface area contributed by atoms with E-state index in [1.165, 1.54) is 0 Å². The second-order valence-electron chi connectivity index (χ2n) is 4.48. The molecule has 0 bridgehead atoms. The molecule has 0 fully saturated rings. The molecule has 3 aromatic heterocycles. The Morgan fingerprint density at radius 2 is 2.00 bits per heavy atom. The third-order valence-corrected chi connectivity index (χ3v) is 3.28. The van der Waals surface area contributed by atoms with Gasteiger partial charge in [0.15, 0.2) is 0 Å². The maximum atomic E-state index is 4.63. The fourth-order valence-corrected chi connectivity index (χ4v) is 2.33. The van der Waals surface area contributed by atoms with Gasteiger partial charge in [0, 0.05) is 25.0 Å². The molecular formula is C14H11N5. The Labute approximate surface area is 109 Å². The lowest BCUT2D eigenvalue weighted by Gasteiger charge is -1.97. The number of imidazole rings is 1. The highest BCUT2D eigenvalue weighted by molar-refractivity contribution is 5.90. The summed E-state index contributed by atoms with van der Waals surface area (Å²) in [6, 6.07) is 12.0. The molecule has 4 aromatic rings. The molecule has 92 valence electrons. The lowest BCUT2D eigenvalue weighted by atomic mass is 10.1. The lowest BCUT2D eigenvalue weighted by Crippen LogP contribution is -1.88. The van der Waals surface area contributed by atoms with E-state index in [0.29, 0.717) is 0 Å². The van der Waals surface area contributed by atoms with Crippen LogP contribution < -0.4 is 0 Å². The van der Waals surface area contributed by atoms with E-state index < -0.39 is 0 Å². The molecule has 0 unspecified atom stereocenters. The van der Waals surface area contributed by atoms with Gasteiger partial charge in [-0.1, -0.05) is 23.4 Å². The highest BCUT2D eigenvalue weighted by atomic mass is 15.4. The third kappa shape index (κ3) is 1.45. The van der Waals surface area contributed by atoms with Gasteiger partial charge in [0.05, 0.1) is 11.2 Å². The van der Waals surface area contributed by atoms with Gasteiger partial charge < -0.3 is 4.40 Å². The van der Waals surface area contributed by atoms with Crippen LogP contribution in [-0.2, 0) is 7.05 Å². The zero-order chi connectivity index (χ0) is 12.8. The molecule has 0 aliphatic rings. The summed E-state index contributed by atoms with van der Waals surface area (Å²) in [7, 11) is 1.89. The number of benzene rings is 1. The predicted octanol–water partition coefficient (Wildman–Crippen LogP) is 2.28. The average molecular weight is 249 g/mol. The van der Waals surface area contributed by atoms with E-state index in [2.05, 4.69) is 15.3 Å². The Bertz CT molecular complexity index is 854. The second-order valence-corrected chi connectivity index (χ2v) is 4.48. The van der Waals surface area contributed by atoms with Crippen LogP contribution in [0.2, 0.25) is 0 Å². The highest BCUT2D eigenvalue weighted by Crippen LogP contribution is 2.26.